The number of rotatable bonds is 4. The summed E-state index contributed by atoms with van der Waals surface area (Å²) >= 11 is 0. The van der Waals surface area contributed by atoms with E-state index in [9.17, 15) is 20.3 Å². The summed E-state index contributed by atoms with van der Waals surface area (Å²) in [6.45, 7) is 4.11. The molecule has 31 heavy (non-hydrogen) atoms. The molecule has 166 valence electrons. The van der Waals surface area contributed by atoms with Crippen molar-refractivity contribution in [3.8, 4) is 6.07 Å². The molecule has 0 aromatic carbocycles. The fourth-order valence-corrected chi connectivity index (χ4v) is 4.47. The highest BCUT2D eigenvalue weighted by molar-refractivity contribution is 5.72. The lowest BCUT2D eigenvalue weighted by Gasteiger charge is -2.33. The Balaban J connectivity index is 1.50. The Morgan fingerprint density at radius 3 is 2.77 bits per heavy atom. The maximum atomic E-state index is 12.5. The number of aromatic nitrogens is 3. The lowest BCUT2D eigenvalue weighted by atomic mass is 9.73. The summed E-state index contributed by atoms with van der Waals surface area (Å²) in [4.78, 5) is 16.4. The standard InChI is InChI=1S/C21H27N5O5/c1-20(2)7-5-12(6-8-20)19(29)30-9-14-16(27)17(28)21(10-22,31-14)15-4-3-13-18(23)24-11-25-26(13)15/h3-4,11-12,14,16-17,27-28H,5-9H2,1-2H3,(H2,23,24,25). The molecule has 2 aromatic rings. The number of carbonyl (C=O) groups is 1. The van der Waals surface area contributed by atoms with E-state index in [2.05, 4.69) is 23.9 Å². The highest BCUT2D eigenvalue weighted by atomic mass is 16.6. The highest BCUT2D eigenvalue weighted by Gasteiger charge is 2.58. The molecule has 4 atom stereocenters. The van der Waals surface area contributed by atoms with Gasteiger partial charge in [0.1, 0.15) is 42.8 Å². The molecule has 0 spiro atoms. The second-order valence-electron chi connectivity index (χ2n) is 9.17. The van der Waals surface area contributed by atoms with Gasteiger partial charge in [0.2, 0.25) is 5.60 Å². The Morgan fingerprint density at radius 1 is 1.39 bits per heavy atom. The van der Waals surface area contributed by atoms with Crippen molar-refractivity contribution >= 4 is 17.3 Å². The van der Waals surface area contributed by atoms with Crippen LogP contribution in [0.25, 0.3) is 5.52 Å². The van der Waals surface area contributed by atoms with Crippen LogP contribution in [-0.4, -0.2) is 55.7 Å². The number of nitrogens with zero attached hydrogens (tertiary/aromatic N) is 4. The Kier molecular flexibility index (Phi) is 5.37. The van der Waals surface area contributed by atoms with Crippen LogP contribution in [0.4, 0.5) is 5.82 Å². The zero-order valence-electron chi connectivity index (χ0n) is 17.6. The number of aliphatic hydroxyl groups excluding tert-OH is 2. The molecular formula is C21H27N5O5. The maximum absolute atomic E-state index is 12.5. The highest BCUT2D eigenvalue weighted by Crippen LogP contribution is 2.41. The number of hydrogen-bond donors (Lipinski definition) is 3. The summed E-state index contributed by atoms with van der Waals surface area (Å²) in [6, 6.07) is 5.11. The van der Waals surface area contributed by atoms with Crippen LogP contribution in [0.2, 0.25) is 0 Å². The molecule has 0 radical (unpaired) electrons. The number of fused-ring (bicyclic) bond motifs is 1. The number of hydrogen-bond acceptors (Lipinski definition) is 9. The van der Waals surface area contributed by atoms with Crippen molar-refractivity contribution in [2.45, 2.75) is 63.4 Å². The Labute approximate surface area is 179 Å². The fraction of sp³-hybridized carbons (Fsp3) is 0.619. The third-order valence-electron chi connectivity index (χ3n) is 6.55. The smallest absolute Gasteiger partial charge is 0.309 e. The van der Waals surface area contributed by atoms with Crippen LogP contribution < -0.4 is 5.73 Å². The van der Waals surface area contributed by atoms with E-state index >= 15 is 0 Å². The van der Waals surface area contributed by atoms with Gasteiger partial charge in [0, 0.05) is 0 Å². The third-order valence-corrected chi connectivity index (χ3v) is 6.55. The van der Waals surface area contributed by atoms with Crippen LogP contribution in [0.3, 0.4) is 0 Å². The lowest BCUT2D eigenvalue weighted by Crippen LogP contribution is -2.41. The SMILES string of the molecule is CC1(C)CCC(C(=O)OCC2OC(C#N)(c3ccc4c(N)ncnn34)C(O)C2O)CC1. The topological polar surface area (TPSA) is 156 Å². The van der Waals surface area contributed by atoms with Crippen LogP contribution in [-0.2, 0) is 19.9 Å². The van der Waals surface area contributed by atoms with Crippen molar-refractivity contribution < 1.29 is 24.5 Å². The molecule has 1 saturated heterocycles. The quantitative estimate of drug-likeness (QED) is 0.601. The summed E-state index contributed by atoms with van der Waals surface area (Å²) in [5.74, 6) is -0.334. The van der Waals surface area contributed by atoms with Crippen LogP contribution in [0.15, 0.2) is 18.5 Å². The first kappa shape index (κ1) is 21.5. The monoisotopic (exact) mass is 429 g/mol. The van der Waals surface area contributed by atoms with Crippen molar-refractivity contribution in [3.05, 3.63) is 24.2 Å². The minimum atomic E-state index is -1.90. The van der Waals surface area contributed by atoms with Crippen LogP contribution in [0, 0.1) is 22.7 Å². The van der Waals surface area contributed by atoms with E-state index in [4.69, 9.17) is 15.2 Å². The molecule has 3 heterocycles. The molecule has 0 bridgehead atoms. The van der Waals surface area contributed by atoms with Gasteiger partial charge in [-0.05, 0) is 43.2 Å². The number of anilines is 1. The molecule has 2 aromatic heterocycles. The van der Waals surface area contributed by atoms with Gasteiger partial charge in [-0.15, -0.1) is 0 Å². The first-order valence-corrected chi connectivity index (χ1v) is 10.4. The Hall–Kier alpha value is -2.74. The van der Waals surface area contributed by atoms with Crippen molar-refractivity contribution in [2.24, 2.45) is 11.3 Å². The predicted molar refractivity (Wildman–Crippen MR) is 108 cm³/mol. The number of ether oxygens (including phenoxy) is 2. The van der Waals surface area contributed by atoms with E-state index in [0.717, 1.165) is 25.7 Å². The minimum absolute atomic E-state index is 0.188. The van der Waals surface area contributed by atoms with Gasteiger partial charge in [-0.2, -0.15) is 10.4 Å². The first-order chi connectivity index (χ1) is 14.7. The van der Waals surface area contributed by atoms with Crippen molar-refractivity contribution in [2.75, 3.05) is 12.3 Å². The maximum Gasteiger partial charge on any atom is 0.309 e. The van der Waals surface area contributed by atoms with Gasteiger partial charge >= 0.3 is 5.97 Å². The van der Waals surface area contributed by atoms with E-state index < -0.39 is 23.9 Å². The number of carbonyl (C=O) groups excluding carboxylic acids is 1. The normalized spacial score (nSPS) is 30.9. The third kappa shape index (κ3) is 3.63. The molecule has 2 fully saturated rings. The van der Waals surface area contributed by atoms with E-state index in [0.29, 0.717) is 5.52 Å². The fourth-order valence-electron chi connectivity index (χ4n) is 4.47. The van der Waals surface area contributed by atoms with Crippen molar-refractivity contribution in [3.63, 3.8) is 0 Å². The average molecular weight is 429 g/mol. The van der Waals surface area contributed by atoms with Crippen LogP contribution in [0.5, 0.6) is 0 Å². The minimum Gasteiger partial charge on any atom is -0.463 e. The lowest BCUT2D eigenvalue weighted by molar-refractivity contribution is -0.157. The van der Waals surface area contributed by atoms with Crippen molar-refractivity contribution in [1.82, 2.24) is 14.6 Å². The molecule has 1 saturated carbocycles. The van der Waals surface area contributed by atoms with E-state index in [1.807, 2.05) is 6.07 Å². The average Bonchev–Trinajstić information content (AvgIpc) is 3.28. The zero-order valence-corrected chi connectivity index (χ0v) is 17.6. The molecule has 10 heteroatoms. The number of nitriles is 1. The summed E-state index contributed by atoms with van der Waals surface area (Å²) < 4.78 is 12.6. The molecular weight excluding hydrogens is 402 g/mol. The van der Waals surface area contributed by atoms with Gasteiger partial charge in [0.15, 0.2) is 5.82 Å². The van der Waals surface area contributed by atoms with Gasteiger partial charge < -0.3 is 25.4 Å². The molecule has 4 N–H and O–H groups in total. The summed E-state index contributed by atoms with van der Waals surface area (Å²) in [6.07, 6.45) is 0.538. The van der Waals surface area contributed by atoms with Crippen LogP contribution in [0.1, 0.15) is 45.2 Å². The predicted octanol–water partition coefficient (Wildman–Crippen LogP) is 0.911. The Morgan fingerprint density at radius 2 is 2.10 bits per heavy atom. The second kappa shape index (κ2) is 7.75. The number of esters is 1. The molecule has 1 aliphatic carbocycles. The number of nitrogen functional groups attached to an aromatic ring is 1. The van der Waals surface area contributed by atoms with Gasteiger partial charge in [-0.1, -0.05) is 13.8 Å². The molecule has 4 unspecified atom stereocenters. The molecule has 1 aliphatic heterocycles. The van der Waals surface area contributed by atoms with Gasteiger partial charge in [-0.25, -0.2) is 9.50 Å². The summed E-state index contributed by atoms with van der Waals surface area (Å²) in [5.41, 5.74) is 4.81. The molecule has 0 amide bonds. The first-order valence-electron chi connectivity index (χ1n) is 10.4. The van der Waals surface area contributed by atoms with Crippen molar-refractivity contribution in [1.29, 1.82) is 5.26 Å². The number of aliphatic hydroxyl groups is 2. The van der Waals surface area contributed by atoms with E-state index in [1.165, 1.54) is 16.9 Å². The molecule has 2 aliphatic rings. The van der Waals surface area contributed by atoms with Gasteiger partial charge in [0.25, 0.3) is 0 Å². The summed E-state index contributed by atoms with van der Waals surface area (Å²) in [5, 5.41) is 35.3. The van der Waals surface area contributed by atoms with Crippen LogP contribution >= 0.6 is 0 Å². The molecule has 4 rings (SSSR count). The zero-order chi connectivity index (χ0) is 22.4. The second-order valence-corrected chi connectivity index (χ2v) is 9.17. The number of nitrogens with two attached hydrogens (primary N) is 1. The van der Waals surface area contributed by atoms with Gasteiger partial charge in [0.05, 0.1) is 11.6 Å². The van der Waals surface area contributed by atoms with E-state index in [1.54, 1.807) is 6.07 Å². The largest absolute Gasteiger partial charge is 0.463 e. The molecule has 10 nitrogen and oxygen atoms in total. The summed E-state index contributed by atoms with van der Waals surface area (Å²) in [7, 11) is 0. The Bertz CT molecular complexity index is 1020. The van der Waals surface area contributed by atoms with E-state index in [-0.39, 0.29) is 35.4 Å². The van der Waals surface area contributed by atoms with Gasteiger partial charge in [-0.3, -0.25) is 4.79 Å².